The number of rotatable bonds is 11. The van der Waals surface area contributed by atoms with E-state index in [1.54, 1.807) is 48.5 Å². The van der Waals surface area contributed by atoms with E-state index in [1.165, 1.54) is 12.1 Å². The summed E-state index contributed by atoms with van der Waals surface area (Å²) in [7, 11) is -1.55. The van der Waals surface area contributed by atoms with Gasteiger partial charge >= 0.3 is 16.1 Å². The summed E-state index contributed by atoms with van der Waals surface area (Å²) in [5.41, 5.74) is 1.69. The SMILES string of the molecule is [3H]c1cc(C[C@H](NS(=O)(=O)c2cccc3c(N(C)C)cccc23)C(=O)O)cc([3H])c1OS(=O)(=O)c1cccc2c(N(C)C)cccc12. The molecule has 0 radical (unpaired) electrons. The highest BCUT2D eigenvalue weighted by Crippen LogP contribution is 2.32. The molecule has 0 spiro atoms. The lowest BCUT2D eigenvalue weighted by Crippen LogP contribution is -2.42. The Bertz CT molecular complexity index is 2220. The van der Waals surface area contributed by atoms with Gasteiger partial charge in [0.1, 0.15) is 16.7 Å². The lowest BCUT2D eigenvalue weighted by atomic mass is 10.1. The van der Waals surface area contributed by atoms with Crippen molar-refractivity contribution in [3.05, 3.63) is 103 Å². The average molecular weight is 652 g/mol. The lowest BCUT2D eigenvalue weighted by molar-refractivity contribution is -0.138. The maximum atomic E-state index is 13.5. The number of aliphatic carboxylic acids is 1. The zero-order chi connectivity index (χ0) is 34.3. The van der Waals surface area contributed by atoms with Crippen LogP contribution >= 0.6 is 0 Å². The van der Waals surface area contributed by atoms with Crippen LogP contribution in [0.4, 0.5) is 11.4 Å². The van der Waals surface area contributed by atoms with Crippen molar-refractivity contribution < 1.29 is 33.7 Å². The molecule has 2 N–H and O–H groups in total. The molecule has 0 saturated heterocycles. The smallest absolute Gasteiger partial charge is 0.339 e. The highest BCUT2D eigenvalue weighted by Gasteiger charge is 2.28. The molecule has 0 amide bonds. The van der Waals surface area contributed by atoms with E-state index in [9.17, 15) is 26.7 Å². The van der Waals surface area contributed by atoms with E-state index in [0.717, 1.165) is 23.5 Å². The summed E-state index contributed by atoms with van der Waals surface area (Å²) in [6.07, 6.45) is -0.427. The van der Waals surface area contributed by atoms with Crippen molar-refractivity contribution in [3.63, 3.8) is 0 Å². The van der Waals surface area contributed by atoms with Crippen molar-refractivity contribution in [2.24, 2.45) is 0 Å². The topological polar surface area (TPSA) is 133 Å². The van der Waals surface area contributed by atoms with Gasteiger partial charge in [0.15, 0.2) is 0 Å². The first kappa shape index (κ1) is 29.1. The van der Waals surface area contributed by atoms with Gasteiger partial charge in [0.25, 0.3) is 0 Å². The molecule has 5 rings (SSSR count). The Labute approximate surface area is 265 Å². The average Bonchev–Trinajstić information content (AvgIpc) is 3.01. The summed E-state index contributed by atoms with van der Waals surface area (Å²) >= 11 is 0. The van der Waals surface area contributed by atoms with Crippen LogP contribution in [-0.4, -0.2) is 62.1 Å². The molecule has 45 heavy (non-hydrogen) atoms. The molecule has 0 bridgehead atoms. The Balaban J connectivity index is 1.43. The number of sulfonamides is 1. The van der Waals surface area contributed by atoms with Crippen LogP contribution in [0, 0.1) is 0 Å². The minimum Gasteiger partial charge on any atom is -0.480 e. The van der Waals surface area contributed by atoms with Crippen LogP contribution in [0.1, 0.15) is 8.30 Å². The van der Waals surface area contributed by atoms with Crippen molar-refractivity contribution in [3.8, 4) is 5.75 Å². The first-order chi connectivity index (χ1) is 22.1. The second-order valence-electron chi connectivity index (χ2n) is 10.8. The van der Waals surface area contributed by atoms with E-state index in [2.05, 4.69) is 4.72 Å². The Hall–Kier alpha value is -4.65. The van der Waals surface area contributed by atoms with Crippen LogP contribution in [0.5, 0.6) is 5.75 Å². The highest BCUT2D eigenvalue weighted by atomic mass is 32.2. The molecule has 5 aromatic rings. The van der Waals surface area contributed by atoms with E-state index in [-0.39, 0.29) is 15.4 Å². The predicted molar refractivity (Wildman–Crippen MR) is 176 cm³/mol. The molecule has 0 heterocycles. The number of nitrogens with one attached hydrogen (secondary N) is 1. The quantitative estimate of drug-likeness (QED) is 0.192. The van der Waals surface area contributed by atoms with Gasteiger partial charge in [-0.2, -0.15) is 13.1 Å². The maximum absolute atomic E-state index is 13.5. The predicted octanol–water partition coefficient (Wildman–Crippen LogP) is 4.87. The number of carboxylic acid groups (broad SMARTS) is 1. The first-order valence-electron chi connectivity index (χ1n) is 14.8. The third-order valence-electron chi connectivity index (χ3n) is 7.25. The van der Waals surface area contributed by atoms with Crippen LogP contribution < -0.4 is 18.7 Å². The van der Waals surface area contributed by atoms with Crippen molar-refractivity contribution in [1.29, 1.82) is 0 Å². The summed E-state index contributed by atoms with van der Waals surface area (Å²) in [5, 5.41) is 12.1. The maximum Gasteiger partial charge on any atom is 0.339 e. The molecule has 0 aromatic heterocycles. The van der Waals surface area contributed by atoms with E-state index in [1.807, 2.05) is 50.1 Å². The Morgan fingerprint density at radius 1 is 0.756 bits per heavy atom. The Morgan fingerprint density at radius 3 is 1.73 bits per heavy atom. The molecular formula is C33H33N3O7S2. The van der Waals surface area contributed by atoms with Crippen LogP contribution in [-0.2, 0) is 31.4 Å². The van der Waals surface area contributed by atoms with Crippen LogP contribution in [0.15, 0.2) is 107 Å². The fourth-order valence-corrected chi connectivity index (χ4v) is 7.66. The Kier molecular flexibility index (Phi) is 8.01. The monoisotopic (exact) mass is 651 g/mol. The van der Waals surface area contributed by atoms with Gasteiger partial charge in [-0.15, -0.1) is 0 Å². The van der Waals surface area contributed by atoms with Gasteiger partial charge in [-0.3, -0.25) is 4.79 Å². The normalized spacial score (nSPS) is 13.2. The zero-order valence-corrected chi connectivity index (χ0v) is 26.6. The molecule has 0 aliphatic heterocycles. The standard InChI is InChI=1S/C33H33N3O7S2/c1-35(2)29-13-5-11-26-24(29)9-7-15-31(26)44(39,40)34-28(33(37)38)21-22-17-19-23(20-18-22)43-45(41,42)32-16-8-10-25-27(32)12-6-14-30(25)36(3)4/h5-20,28,34H,21H2,1-4H3,(H,37,38)/t28-/m0/s1/i19T,20T. The minimum atomic E-state index is -4.51. The molecule has 0 unspecified atom stereocenters. The fourth-order valence-electron chi connectivity index (χ4n) is 5.15. The number of anilines is 2. The number of carboxylic acids is 1. The van der Waals surface area contributed by atoms with Crippen LogP contribution in [0.3, 0.4) is 0 Å². The van der Waals surface area contributed by atoms with E-state index in [4.69, 9.17) is 6.92 Å². The molecule has 12 heteroatoms. The van der Waals surface area contributed by atoms with Gasteiger partial charge < -0.3 is 19.1 Å². The molecule has 0 aliphatic rings. The minimum absolute atomic E-state index is 0.104. The van der Waals surface area contributed by atoms with E-state index in [0.29, 0.717) is 21.5 Å². The highest BCUT2D eigenvalue weighted by molar-refractivity contribution is 7.89. The van der Waals surface area contributed by atoms with Gasteiger partial charge in [0.05, 0.1) is 7.64 Å². The lowest BCUT2D eigenvalue weighted by Gasteiger charge is -2.19. The molecule has 10 nitrogen and oxygen atoms in total. The van der Waals surface area contributed by atoms with Gasteiger partial charge in [0, 0.05) is 61.1 Å². The molecule has 0 fully saturated rings. The summed E-state index contributed by atoms with van der Waals surface area (Å²) in [6, 6.07) is 19.5. The molecule has 0 saturated carbocycles. The summed E-state index contributed by atoms with van der Waals surface area (Å²) in [6.45, 7) is 0. The summed E-state index contributed by atoms with van der Waals surface area (Å²) in [4.78, 5) is 15.7. The van der Waals surface area contributed by atoms with Crippen molar-refractivity contribution >= 4 is 59.0 Å². The number of hydrogen-bond acceptors (Lipinski definition) is 8. The third-order valence-corrected chi connectivity index (χ3v) is 10.1. The molecule has 1 atom stereocenters. The number of carbonyl (C=O) groups is 1. The first-order valence-corrected chi connectivity index (χ1v) is 16.7. The van der Waals surface area contributed by atoms with Gasteiger partial charge in [-0.05, 0) is 48.3 Å². The molecule has 0 aliphatic carbocycles. The molecular weight excluding hydrogens is 615 g/mol. The Morgan fingerprint density at radius 2 is 1.22 bits per heavy atom. The number of hydrogen-bond donors (Lipinski definition) is 2. The second kappa shape index (κ2) is 12.4. The van der Waals surface area contributed by atoms with Crippen LogP contribution in [0.25, 0.3) is 21.5 Å². The largest absolute Gasteiger partial charge is 0.480 e. The van der Waals surface area contributed by atoms with Gasteiger partial charge in [-0.25, -0.2) is 8.42 Å². The fraction of sp³-hybridized carbons (Fsp3) is 0.182. The van der Waals surface area contributed by atoms with Crippen molar-refractivity contribution in [2.45, 2.75) is 22.3 Å². The third kappa shape index (κ3) is 6.58. The van der Waals surface area contributed by atoms with Crippen molar-refractivity contribution in [2.75, 3.05) is 38.0 Å². The number of benzene rings is 5. The number of nitrogens with zero attached hydrogens (tertiary/aromatic N) is 2. The van der Waals surface area contributed by atoms with Gasteiger partial charge in [0.2, 0.25) is 10.0 Å². The number of fused-ring (bicyclic) bond motifs is 2. The van der Waals surface area contributed by atoms with Crippen LogP contribution in [0.2, 0.25) is 0 Å². The molecule has 5 aromatic carbocycles. The summed E-state index contributed by atoms with van der Waals surface area (Å²) < 4.78 is 78.4. The summed E-state index contributed by atoms with van der Waals surface area (Å²) in [5.74, 6) is -2.02. The van der Waals surface area contributed by atoms with Crippen molar-refractivity contribution in [1.82, 2.24) is 4.72 Å². The van der Waals surface area contributed by atoms with E-state index < -0.39 is 56.4 Å². The second-order valence-corrected chi connectivity index (χ2v) is 14.0. The van der Waals surface area contributed by atoms with Gasteiger partial charge in [-0.1, -0.05) is 60.7 Å². The zero-order valence-electron chi connectivity index (χ0n) is 27.0. The van der Waals surface area contributed by atoms with E-state index >= 15 is 0 Å². The molecule has 234 valence electrons.